The second kappa shape index (κ2) is 66.8. The summed E-state index contributed by atoms with van der Waals surface area (Å²) in [5.74, 6) is -0.875. The van der Waals surface area contributed by atoms with Crippen LogP contribution in [0.25, 0.3) is 0 Å². The Kier molecular flexibility index (Phi) is 63.7. The summed E-state index contributed by atoms with van der Waals surface area (Å²) in [5, 5.41) is 0. The van der Waals surface area contributed by atoms with Crippen molar-refractivity contribution in [1.29, 1.82) is 0 Å². The van der Waals surface area contributed by atoms with Gasteiger partial charge in [0.25, 0.3) is 0 Å². The molecule has 0 aliphatic carbocycles. The van der Waals surface area contributed by atoms with Crippen LogP contribution in [-0.4, -0.2) is 37.2 Å². The fourth-order valence-corrected chi connectivity index (χ4v) is 9.54. The van der Waals surface area contributed by atoms with Crippen molar-refractivity contribution in [2.75, 3.05) is 13.2 Å². The van der Waals surface area contributed by atoms with E-state index in [9.17, 15) is 14.4 Å². The summed E-state index contributed by atoms with van der Waals surface area (Å²) in [7, 11) is 0. The molecule has 0 bridgehead atoms. The van der Waals surface area contributed by atoms with Crippen LogP contribution in [0.5, 0.6) is 0 Å². The van der Waals surface area contributed by atoms with Gasteiger partial charge in [-0.15, -0.1) is 0 Å². The van der Waals surface area contributed by atoms with Crippen LogP contribution in [0.4, 0.5) is 0 Å². The molecule has 0 radical (unpaired) electrons. The fourth-order valence-electron chi connectivity index (χ4n) is 9.54. The number of ether oxygens (including phenoxy) is 3. The third-order valence-electron chi connectivity index (χ3n) is 14.6. The molecule has 6 heteroatoms. The number of rotatable bonds is 61. The summed E-state index contributed by atoms with van der Waals surface area (Å²) < 4.78 is 16.9. The second-order valence-corrected chi connectivity index (χ2v) is 22.4. The van der Waals surface area contributed by atoms with Gasteiger partial charge in [-0.2, -0.15) is 0 Å². The number of unbranched alkanes of at least 4 members (excludes halogenated alkanes) is 34. The number of hydrogen-bond acceptors (Lipinski definition) is 6. The van der Waals surface area contributed by atoms with E-state index in [0.29, 0.717) is 19.3 Å². The maximum absolute atomic E-state index is 12.9. The SMILES string of the molecule is CC/C=C\C/C=C\C/C=C\C/C=C\C/C=C\C/C=C\C/C=C\CCCCCCCCCCCCCCCC(=O)OCC(COC(=O)CCCCCCCCCCCC)OC(=O)CCCCCCC/C=C\CCCCCCCCC. The summed E-state index contributed by atoms with van der Waals surface area (Å²) in [4.78, 5) is 38.2. The van der Waals surface area contributed by atoms with E-state index in [1.165, 1.54) is 180 Å². The Morgan fingerprint density at radius 2 is 0.494 bits per heavy atom. The number of carbonyl (C=O) groups is 3. The van der Waals surface area contributed by atoms with Crippen LogP contribution >= 0.6 is 0 Å². The van der Waals surface area contributed by atoms with E-state index in [1.54, 1.807) is 0 Å². The fraction of sp³-hybridized carbons (Fsp3) is 0.740. The van der Waals surface area contributed by atoms with E-state index in [4.69, 9.17) is 14.2 Å². The Balaban J connectivity index is 4.12. The van der Waals surface area contributed by atoms with Crippen molar-refractivity contribution in [3.8, 4) is 0 Å². The standard InChI is InChI=1S/C73H126O6/c1-4-7-10-13-16-19-22-24-26-28-29-30-31-32-33-34-35-36-37-38-39-40-41-42-43-44-45-46-48-49-51-54-57-60-63-66-72(75)78-69-70(68-77-71(74)65-62-59-56-53-21-18-15-12-9-6-3)79-73(76)67-64-61-58-55-52-50-47-27-25-23-20-17-14-11-8-5-2/h7,10,16,19,24,26-27,29-30,32-33,35-36,38-39,47,70H,4-6,8-9,11-15,17-18,20-23,25,28,31,34,37,40-46,48-69H2,1-3H3/b10-7-,19-16-,26-24-,30-29-,33-32-,36-35-,39-38-,47-27-. The predicted octanol–water partition coefficient (Wildman–Crippen LogP) is 23.2. The molecule has 0 heterocycles. The first kappa shape index (κ1) is 75.3. The zero-order valence-corrected chi connectivity index (χ0v) is 52.1. The van der Waals surface area contributed by atoms with Crippen molar-refractivity contribution in [2.24, 2.45) is 0 Å². The summed E-state index contributed by atoms with van der Waals surface area (Å²) >= 11 is 0. The van der Waals surface area contributed by atoms with Crippen LogP contribution in [0.2, 0.25) is 0 Å². The molecule has 1 unspecified atom stereocenters. The van der Waals surface area contributed by atoms with Gasteiger partial charge in [-0.3, -0.25) is 14.4 Å². The van der Waals surface area contributed by atoms with Gasteiger partial charge in [0.2, 0.25) is 0 Å². The molecule has 0 aromatic heterocycles. The van der Waals surface area contributed by atoms with Crippen molar-refractivity contribution in [3.63, 3.8) is 0 Å². The molecule has 0 fully saturated rings. The van der Waals surface area contributed by atoms with E-state index in [-0.39, 0.29) is 31.1 Å². The number of allylic oxidation sites excluding steroid dienone is 16. The molecule has 0 aromatic carbocycles. The van der Waals surface area contributed by atoms with Gasteiger partial charge in [-0.05, 0) is 103 Å². The first-order valence-electron chi connectivity index (χ1n) is 33.7. The highest BCUT2D eigenvalue weighted by molar-refractivity contribution is 5.71. The molecular weight excluding hydrogens is 973 g/mol. The lowest BCUT2D eigenvalue weighted by molar-refractivity contribution is -0.167. The molecule has 0 aliphatic heterocycles. The highest BCUT2D eigenvalue weighted by Crippen LogP contribution is 2.17. The molecule has 0 aromatic rings. The van der Waals surface area contributed by atoms with E-state index in [2.05, 4.69) is 118 Å². The molecule has 0 aliphatic rings. The first-order valence-corrected chi connectivity index (χ1v) is 33.7. The van der Waals surface area contributed by atoms with Crippen LogP contribution in [-0.2, 0) is 28.6 Å². The Labute approximate surface area is 489 Å². The molecule has 0 spiro atoms. The summed E-state index contributed by atoms with van der Waals surface area (Å²) in [6.45, 7) is 6.53. The molecule has 454 valence electrons. The lowest BCUT2D eigenvalue weighted by Crippen LogP contribution is -2.30. The molecule has 0 saturated heterocycles. The van der Waals surface area contributed by atoms with E-state index in [1.807, 2.05) is 0 Å². The lowest BCUT2D eigenvalue weighted by atomic mass is 10.0. The molecular formula is C73H126O6. The number of hydrogen-bond donors (Lipinski definition) is 0. The Bertz CT molecular complexity index is 1540. The van der Waals surface area contributed by atoms with E-state index in [0.717, 1.165) is 109 Å². The van der Waals surface area contributed by atoms with Crippen LogP contribution in [0, 0.1) is 0 Å². The van der Waals surface area contributed by atoms with Gasteiger partial charge in [0.1, 0.15) is 13.2 Å². The maximum atomic E-state index is 12.9. The van der Waals surface area contributed by atoms with Crippen LogP contribution < -0.4 is 0 Å². The maximum Gasteiger partial charge on any atom is 0.306 e. The van der Waals surface area contributed by atoms with Crippen molar-refractivity contribution in [2.45, 2.75) is 335 Å². The van der Waals surface area contributed by atoms with Crippen molar-refractivity contribution >= 4 is 17.9 Å². The topological polar surface area (TPSA) is 78.9 Å². The van der Waals surface area contributed by atoms with Gasteiger partial charge < -0.3 is 14.2 Å². The Morgan fingerprint density at radius 1 is 0.266 bits per heavy atom. The van der Waals surface area contributed by atoms with Crippen LogP contribution in [0.15, 0.2) is 97.2 Å². The molecule has 0 saturated carbocycles. The summed E-state index contributed by atoms with van der Waals surface area (Å²) in [6, 6.07) is 0. The Hall–Kier alpha value is -3.67. The zero-order valence-electron chi connectivity index (χ0n) is 52.1. The second-order valence-electron chi connectivity index (χ2n) is 22.4. The van der Waals surface area contributed by atoms with Crippen LogP contribution in [0.1, 0.15) is 329 Å². The van der Waals surface area contributed by atoms with Crippen LogP contribution in [0.3, 0.4) is 0 Å². The average molecular weight is 1100 g/mol. The van der Waals surface area contributed by atoms with Crippen molar-refractivity contribution in [1.82, 2.24) is 0 Å². The highest BCUT2D eigenvalue weighted by atomic mass is 16.6. The molecule has 0 N–H and O–H groups in total. The Morgan fingerprint density at radius 3 is 0.785 bits per heavy atom. The number of esters is 3. The summed E-state index contributed by atoms with van der Waals surface area (Å²) in [5.41, 5.74) is 0. The van der Waals surface area contributed by atoms with Gasteiger partial charge in [-0.1, -0.05) is 304 Å². The van der Waals surface area contributed by atoms with E-state index >= 15 is 0 Å². The molecule has 0 rings (SSSR count). The molecule has 6 nitrogen and oxygen atoms in total. The minimum absolute atomic E-state index is 0.0762. The smallest absolute Gasteiger partial charge is 0.306 e. The predicted molar refractivity (Wildman–Crippen MR) is 344 cm³/mol. The van der Waals surface area contributed by atoms with Gasteiger partial charge in [0.15, 0.2) is 6.10 Å². The van der Waals surface area contributed by atoms with E-state index < -0.39 is 6.10 Å². The van der Waals surface area contributed by atoms with Crippen molar-refractivity contribution in [3.05, 3.63) is 97.2 Å². The molecule has 1 atom stereocenters. The average Bonchev–Trinajstić information content (AvgIpc) is 3.45. The summed E-state index contributed by atoms with van der Waals surface area (Å²) in [6.07, 6.45) is 90.1. The number of carbonyl (C=O) groups excluding carboxylic acids is 3. The van der Waals surface area contributed by atoms with Gasteiger partial charge in [-0.25, -0.2) is 0 Å². The monoisotopic (exact) mass is 1100 g/mol. The first-order chi connectivity index (χ1) is 39.0. The minimum atomic E-state index is -0.779. The van der Waals surface area contributed by atoms with Crippen molar-refractivity contribution < 1.29 is 28.6 Å². The van der Waals surface area contributed by atoms with Gasteiger partial charge >= 0.3 is 17.9 Å². The minimum Gasteiger partial charge on any atom is -0.462 e. The quantitative estimate of drug-likeness (QED) is 0.0261. The highest BCUT2D eigenvalue weighted by Gasteiger charge is 2.19. The molecule has 79 heavy (non-hydrogen) atoms. The lowest BCUT2D eigenvalue weighted by Gasteiger charge is -2.18. The molecule has 0 amide bonds. The van der Waals surface area contributed by atoms with Gasteiger partial charge in [0, 0.05) is 19.3 Å². The zero-order chi connectivity index (χ0) is 57.1. The normalized spacial score (nSPS) is 12.7. The van der Waals surface area contributed by atoms with Gasteiger partial charge in [0.05, 0.1) is 0 Å². The third kappa shape index (κ3) is 65.0. The largest absolute Gasteiger partial charge is 0.462 e. The third-order valence-corrected chi connectivity index (χ3v) is 14.6.